The van der Waals surface area contributed by atoms with Crippen molar-refractivity contribution in [3.05, 3.63) is 34.1 Å². The van der Waals surface area contributed by atoms with Crippen LogP contribution in [-0.4, -0.2) is 29.3 Å². The van der Waals surface area contributed by atoms with Crippen LogP contribution in [0.1, 0.15) is 23.7 Å². The Kier molecular flexibility index (Phi) is 4.28. The molecule has 0 N–H and O–H groups in total. The summed E-state index contributed by atoms with van der Waals surface area (Å²) in [4.78, 5) is 14.1. The van der Waals surface area contributed by atoms with Gasteiger partial charge in [-0.1, -0.05) is 6.92 Å². The van der Waals surface area contributed by atoms with Crippen molar-refractivity contribution in [2.75, 3.05) is 12.4 Å². The second-order valence-electron chi connectivity index (χ2n) is 4.62. The van der Waals surface area contributed by atoms with Gasteiger partial charge in [0.05, 0.1) is 4.47 Å². The van der Waals surface area contributed by atoms with Gasteiger partial charge in [0.2, 0.25) is 0 Å². The molecule has 1 aromatic carbocycles. The lowest BCUT2D eigenvalue weighted by Gasteiger charge is -2.25. The van der Waals surface area contributed by atoms with Crippen LogP contribution in [0.3, 0.4) is 0 Å². The third-order valence-electron chi connectivity index (χ3n) is 3.47. The van der Waals surface area contributed by atoms with Gasteiger partial charge in [-0.15, -0.1) is 11.6 Å². The maximum absolute atomic E-state index is 13.4. The van der Waals surface area contributed by atoms with E-state index in [1.54, 1.807) is 17.0 Å². The molecule has 2 unspecified atom stereocenters. The number of carbonyl (C=O) groups is 1. The summed E-state index contributed by atoms with van der Waals surface area (Å²) in [5.74, 6) is 0.255. The Labute approximate surface area is 119 Å². The van der Waals surface area contributed by atoms with E-state index in [0.717, 1.165) is 6.42 Å². The lowest BCUT2D eigenvalue weighted by Crippen LogP contribution is -2.38. The lowest BCUT2D eigenvalue weighted by molar-refractivity contribution is 0.0736. The van der Waals surface area contributed by atoms with Crippen molar-refractivity contribution < 1.29 is 9.18 Å². The molecule has 18 heavy (non-hydrogen) atoms. The molecule has 0 spiro atoms. The molecule has 0 radical (unpaired) electrons. The normalized spacial score (nSPS) is 23.4. The van der Waals surface area contributed by atoms with Gasteiger partial charge >= 0.3 is 0 Å². The van der Waals surface area contributed by atoms with E-state index in [0.29, 0.717) is 28.4 Å². The lowest BCUT2D eigenvalue weighted by atomic mass is 10.0. The zero-order chi connectivity index (χ0) is 13.3. The molecule has 1 aliphatic heterocycles. The Morgan fingerprint density at radius 2 is 2.33 bits per heavy atom. The summed E-state index contributed by atoms with van der Waals surface area (Å²) in [5.41, 5.74) is 0.375. The van der Waals surface area contributed by atoms with Crippen LogP contribution in [0.15, 0.2) is 22.7 Å². The van der Waals surface area contributed by atoms with Gasteiger partial charge in [0.25, 0.3) is 5.91 Å². The smallest absolute Gasteiger partial charge is 0.254 e. The van der Waals surface area contributed by atoms with E-state index in [1.165, 1.54) is 6.07 Å². The topological polar surface area (TPSA) is 20.3 Å². The Hall–Kier alpha value is -0.610. The van der Waals surface area contributed by atoms with Crippen molar-refractivity contribution in [1.29, 1.82) is 0 Å². The number of amides is 1. The highest BCUT2D eigenvalue weighted by atomic mass is 79.9. The number of hydrogen-bond donors (Lipinski definition) is 0. The number of nitrogens with zero attached hydrogens (tertiary/aromatic N) is 1. The maximum atomic E-state index is 13.4. The summed E-state index contributed by atoms with van der Waals surface area (Å²) in [7, 11) is 0. The fourth-order valence-corrected chi connectivity index (χ4v) is 3.01. The van der Waals surface area contributed by atoms with Crippen LogP contribution >= 0.6 is 27.5 Å². The van der Waals surface area contributed by atoms with E-state index in [4.69, 9.17) is 11.6 Å². The zero-order valence-electron chi connectivity index (χ0n) is 10.00. The molecule has 2 rings (SSSR count). The first kappa shape index (κ1) is 13.8. The quantitative estimate of drug-likeness (QED) is 0.756. The molecule has 0 aliphatic carbocycles. The summed E-state index contributed by atoms with van der Waals surface area (Å²) in [6.07, 6.45) is 0.947. The summed E-state index contributed by atoms with van der Waals surface area (Å²) in [6.45, 7) is 2.78. The molecule has 1 saturated heterocycles. The van der Waals surface area contributed by atoms with Crippen molar-refractivity contribution in [2.24, 2.45) is 5.92 Å². The van der Waals surface area contributed by atoms with Crippen molar-refractivity contribution in [2.45, 2.75) is 19.4 Å². The first-order valence-corrected chi connectivity index (χ1v) is 7.19. The van der Waals surface area contributed by atoms with Crippen LogP contribution in [0.2, 0.25) is 0 Å². The average Bonchev–Trinajstić information content (AvgIpc) is 2.73. The molecule has 0 aromatic heterocycles. The number of alkyl halides is 1. The van der Waals surface area contributed by atoms with Gasteiger partial charge in [0.15, 0.2) is 0 Å². The van der Waals surface area contributed by atoms with E-state index >= 15 is 0 Å². The zero-order valence-corrected chi connectivity index (χ0v) is 12.3. The Morgan fingerprint density at radius 1 is 1.61 bits per heavy atom. The Bertz CT molecular complexity index is 468. The van der Waals surface area contributed by atoms with Crippen LogP contribution in [0.4, 0.5) is 4.39 Å². The van der Waals surface area contributed by atoms with Crippen molar-refractivity contribution in [1.82, 2.24) is 4.90 Å². The maximum Gasteiger partial charge on any atom is 0.254 e. The predicted octanol–water partition coefficient (Wildman–Crippen LogP) is 3.68. The van der Waals surface area contributed by atoms with E-state index in [2.05, 4.69) is 22.9 Å². The molecule has 1 fully saturated rings. The van der Waals surface area contributed by atoms with Gasteiger partial charge < -0.3 is 4.90 Å². The number of likely N-dealkylation sites (tertiary alicyclic amines) is 1. The average molecular weight is 335 g/mol. The minimum atomic E-state index is -0.421. The molecular formula is C13H14BrClFNO. The van der Waals surface area contributed by atoms with Crippen molar-refractivity contribution >= 4 is 33.4 Å². The minimum Gasteiger partial charge on any atom is -0.334 e. The van der Waals surface area contributed by atoms with E-state index in [9.17, 15) is 9.18 Å². The third-order valence-corrected chi connectivity index (χ3v) is 4.43. The predicted molar refractivity (Wildman–Crippen MR) is 73.4 cm³/mol. The molecule has 2 atom stereocenters. The number of halogens is 3. The largest absolute Gasteiger partial charge is 0.334 e. The first-order chi connectivity index (χ1) is 8.54. The van der Waals surface area contributed by atoms with Crippen LogP contribution in [0.25, 0.3) is 0 Å². The van der Waals surface area contributed by atoms with E-state index < -0.39 is 5.82 Å². The van der Waals surface area contributed by atoms with E-state index in [1.807, 2.05) is 0 Å². The minimum absolute atomic E-state index is 0.0471. The highest BCUT2D eigenvalue weighted by molar-refractivity contribution is 9.10. The van der Waals surface area contributed by atoms with Gasteiger partial charge in [-0.3, -0.25) is 4.79 Å². The summed E-state index contributed by atoms with van der Waals surface area (Å²) in [5, 5.41) is 0. The molecule has 98 valence electrons. The fraction of sp³-hybridized carbons (Fsp3) is 0.462. The van der Waals surface area contributed by atoms with Crippen molar-refractivity contribution in [3.8, 4) is 0 Å². The second-order valence-corrected chi connectivity index (χ2v) is 5.78. The molecule has 2 nitrogen and oxygen atoms in total. The van der Waals surface area contributed by atoms with Gasteiger partial charge in [0, 0.05) is 24.0 Å². The Balaban J connectivity index is 2.23. The van der Waals surface area contributed by atoms with Gasteiger partial charge in [-0.25, -0.2) is 4.39 Å². The number of benzene rings is 1. The van der Waals surface area contributed by atoms with Crippen LogP contribution in [0.5, 0.6) is 0 Å². The monoisotopic (exact) mass is 333 g/mol. The van der Waals surface area contributed by atoms with Crippen LogP contribution in [-0.2, 0) is 0 Å². The van der Waals surface area contributed by atoms with Crippen molar-refractivity contribution in [3.63, 3.8) is 0 Å². The van der Waals surface area contributed by atoms with Crippen LogP contribution in [0, 0.1) is 11.7 Å². The standard InChI is InChI=1S/C13H14BrClFNO/c1-8-4-5-17(12(8)7-15)13(18)9-2-3-10(14)11(16)6-9/h2-3,6,8,12H,4-5,7H2,1H3. The summed E-state index contributed by atoms with van der Waals surface area (Å²) < 4.78 is 13.8. The molecule has 0 bridgehead atoms. The van der Waals surface area contributed by atoms with Crippen LogP contribution < -0.4 is 0 Å². The molecule has 1 aromatic rings. The van der Waals surface area contributed by atoms with Gasteiger partial charge in [-0.2, -0.15) is 0 Å². The molecule has 1 heterocycles. The highest BCUT2D eigenvalue weighted by Crippen LogP contribution is 2.27. The Morgan fingerprint density at radius 3 is 2.94 bits per heavy atom. The van der Waals surface area contributed by atoms with Gasteiger partial charge in [-0.05, 0) is 46.5 Å². The molecule has 5 heteroatoms. The first-order valence-electron chi connectivity index (χ1n) is 5.86. The molecule has 1 aliphatic rings. The van der Waals surface area contributed by atoms with Gasteiger partial charge in [0.1, 0.15) is 5.82 Å². The van der Waals surface area contributed by atoms with E-state index in [-0.39, 0.29) is 11.9 Å². The number of rotatable bonds is 2. The number of carbonyl (C=O) groups excluding carboxylic acids is 1. The second kappa shape index (κ2) is 5.57. The molecular weight excluding hydrogens is 321 g/mol. The molecule has 0 saturated carbocycles. The number of hydrogen-bond acceptors (Lipinski definition) is 1. The summed E-state index contributed by atoms with van der Waals surface area (Å²) >= 11 is 8.99. The SMILES string of the molecule is CC1CCN(C(=O)c2ccc(Br)c(F)c2)C1CCl. The summed E-state index contributed by atoms with van der Waals surface area (Å²) in [6, 6.07) is 4.49. The highest BCUT2D eigenvalue weighted by Gasteiger charge is 2.34. The third kappa shape index (κ3) is 2.54. The molecule has 1 amide bonds. The fourth-order valence-electron chi connectivity index (χ4n) is 2.29.